The number of esters is 1. The second-order valence-electron chi connectivity index (χ2n) is 6.95. The summed E-state index contributed by atoms with van der Waals surface area (Å²) in [6.07, 6.45) is 1.58. The Morgan fingerprint density at radius 1 is 1.03 bits per heavy atom. The molecule has 0 fully saturated rings. The molecule has 0 aromatic heterocycles. The van der Waals surface area contributed by atoms with E-state index < -0.39 is 10.9 Å². The predicted octanol–water partition coefficient (Wildman–Crippen LogP) is 4.37. The van der Waals surface area contributed by atoms with Gasteiger partial charge in [0.25, 0.3) is 5.69 Å². The largest absolute Gasteiger partial charge is 0.497 e. The fraction of sp³-hybridized carbons (Fsp3) is 0.0833. The summed E-state index contributed by atoms with van der Waals surface area (Å²) in [6.45, 7) is 0. The Bertz CT molecular complexity index is 1230. The Hall–Kier alpha value is -4.46. The summed E-state index contributed by atoms with van der Waals surface area (Å²) < 4.78 is 16.1. The molecular weight excluding hydrogens is 414 g/mol. The van der Waals surface area contributed by atoms with E-state index in [0.717, 1.165) is 5.56 Å². The van der Waals surface area contributed by atoms with E-state index in [0.29, 0.717) is 16.9 Å². The fourth-order valence-corrected chi connectivity index (χ4v) is 3.15. The van der Waals surface area contributed by atoms with Crippen LogP contribution in [0.1, 0.15) is 21.5 Å². The standard InChI is InChI=1S/C24H17NO7/c1-30-18-8-4-16(5-9-18)13-23(26)31-19-10-11-20-21(14-19)32-22(24(20)27)12-15-2-6-17(7-3-15)25(28)29/h2-12,14H,13H2,1H3/b22-12-. The smallest absolute Gasteiger partial charge is 0.315 e. The van der Waals surface area contributed by atoms with Crippen molar-refractivity contribution in [3.8, 4) is 17.2 Å². The van der Waals surface area contributed by atoms with Gasteiger partial charge < -0.3 is 14.2 Å². The first-order valence-corrected chi connectivity index (χ1v) is 9.59. The van der Waals surface area contributed by atoms with Crippen LogP contribution in [0.2, 0.25) is 0 Å². The number of allylic oxidation sites excluding steroid dienone is 1. The molecule has 0 saturated carbocycles. The maximum Gasteiger partial charge on any atom is 0.315 e. The molecule has 0 spiro atoms. The fourth-order valence-electron chi connectivity index (χ4n) is 3.15. The van der Waals surface area contributed by atoms with Crippen LogP contribution in [-0.4, -0.2) is 23.8 Å². The van der Waals surface area contributed by atoms with Crippen LogP contribution in [0.5, 0.6) is 17.2 Å². The quantitative estimate of drug-likeness (QED) is 0.188. The van der Waals surface area contributed by atoms with E-state index in [-0.39, 0.29) is 35.1 Å². The molecule has 1 aliphatic heterocycles. The zero-order chi connectivity index (χ0) is 22.7. The number of nitro groups is 1. The molecule has 32 heavy (non-hydrogen) atoms. The van der Waals surface area contributed by atoms with Crippen molar-refractivity contribution >= 4 is 23.5 Å². The average Bonchev–Trinajstić information content (AvgIpc) is 3.09. The molecule has 8 heteroatoms. The van der Waals surface area contributed by atoms with E-state index in [1.165, 1.54) is 48.5 Å². The van der Waals surface area contributed by atoms with Crippen LogP contribution in [0, 0.1) is 10.1 Å². The first-order chi connectivity index (χ1) is 15.4. The van der Waals surface area contributed by atoms with Crippen molar-refractivity contribution in [2.24, 2.45) is 0 Å². The number of carbonyl (C=O) groups excluding carboxylic acids is 2. The first kappa shape index (κ1) is 20.8. The van der Waals surface area contributed by atoms with Crippen molar-refractivity contribution in [2.45, 2.75) is 6.42 Å². The van der Waals surface area contributed by atoms with Crippen molar-refractivity contribution in [1.29, 1.82) is 0 Å². The predicted molar refractivity (Wildman–Crippen MR) is 115 cm³/mol. The Morgan fingerprint density at radius 2 is 1.72 bits per heavy atom. The number of hydrogen-bond donors (Lipinski definition) is 0. The number of benzene rings is 3. The van der Waals surface area contributed by atoms with Crippen molar-refractivity contribution in [3.05, 3.63) is 99.3 Å². The molecule has 1 heterocycles. The summed E-state index contributed by atoms with van der Waals surface area (Å²) in [7, 11) is 1.57. The molecule has 0 saturated heterocycles. The van der Waals surface area contributed by atoms with Gasteiger partial charge in [-0.2, -0.15) is 0 Å². The van der Waals surface area contributed by atoms with E-state index in [1.807, 2.05) is 0 Å². The average molecular weight is 431 g/mol. The molecule has 0 amide bonds. The highest BCUT2D eigenvalue weighted by Crippen LogP contribution is 2.35. The van der Waals surface area contributed by atoms with Crippen molar-refractivity contribution in [3.63, 3.8) is 0 Å². The summed E-state index contributed by atoms with van der Waals surface area (Å²) in [6, 6.07) is 17.4. The minimum atomic E-state index is -0.499. The zero-order valence-corrected chi connectivity index (χ0v) is 16.9. The number of ketones is 1. The number of hydrogen-bond acceptors (Lipinski definition) is 7. The molecule has 4 rings (SSSR count). The SMILES string of the molecule is COc1ccc(CC(=O)Oc2ccc3c(c2)O/C(=C\c2ccc([N+](=O)[O-])cc2)C3=O)cc1. The number of rotatable bonds is 6. The Kier molecular flexibility index (Phi) is 5.67. The van der Waals surface area contributed by atoms with Crippen LogP contribution in [0.4, 0.5) is 5.69 Å². The molecular formula is C24H17NO7. The third-order valence-corrected chi connectivity index (χ3v) is 4.78. The molecule has 0 bridgehead atoms. The van der Waals surface area contributed by atoms with E-state index in [9.17, 15) is 19.7 Å². The van der Waals surface area contributed by atoms with Gasteiger partial charge in [-0.15, -0.1) is 0 Å². The Morgan fingerprint density at radius 3 is 2.38 bits per heavy atom. The molecule has 0 unspecified atom stereocenters. The van der Waals surface area contributed by atoms with Gasteiger partial charge >= 0.3 is 5.97 Å². The Balaban J connectivity index is 1.45. The van der Waals surface area contributed by atoms with Crippen LogP contribution in [-0.2, 0) is 11.2 Å². The van der Waals surface area contributed by atoms with Crippen molar-refractivity contribution < 1.29 is 28.7 Å². The van der Waals surface area contributed by atoms with Gasteiger partial charge in [-0.1, -0.05) is 12.1 Å². The van der Waals surface area contributed by atoms with Gasteiger partial charge in [-0.3, -0.25) is 19.7 Å². The van der Waals surface area contributed by atoms with Crippen molar-refractivity contribution in [2.75, 3.05) is 7.11 Å². The lowest BCUT2D eigenvalue weighted by Crippen LogP contribution is -2.11. The number of carbonyl (C=O) groups is 2. The molecule has 3 aromatic rings. The maximum absolute atomic E-state index is 12.6. The van der Waals surface area contributed by atoms with Gasteiger partial charge in [0.2, 0.25) is 5.78 Å². The molecule has 8 nitrogen and oxygen atoms in total. The van der Waals surface area contributed by atoms with Crippen LogP contribution >= 0.6 is 0 Å². The van der Waals surface area contributed by atoms with E-state index in [1.54, 1.807) is 31.4 Å². The monoisotopic (exact) mass is 431 g/mol. The number of ether oxygens (including phenoxy) is 3. The van der Waals surface area contributed by atoms with Gasteiger partial charge in [0.05, 0.1) is 24.0 Å². The summed E-state index contributed by atoms with van der Waals surface area (Å²) in [5.41, 5.74) is 1.65. The lowest BCUT2D eigenvalue weighted by Gasteiger charge is -2.06. The number of non-ortho nitro benzene ring substituents is 1. The first-order valence-electron chi connectivity index (χ1n) is 9.59. The van der Waals surface area contributed by atoms with Crippen LogP contribution in [0.25, 0.3) is 6.08 Å². The van der Waals surface area contributed by atoms with Gasteiger partial charge in [0, 0.05) is 18.2 Å². The second kappa shape index (κ2) is 8.73. The topological polar surface area (TPSA) is 105 Å². The summed E-state index contributed by atoms with van der Waals surface area (Å²) >= 11 is 0. The van der Waals surface area contributed by atoms with Gasteiger partial charge in [0.1, 0.15) is 17.2 Å². The third kappa shape index (κ3) is 4.49. The highest BCUT2D eigenvalue weighted by atomic mass is 16.6. The lowest BCUT2D eigenvalue weighted by molar-refractivity contribution is -0.384. The van der Waals surface area contributed by atoms with Gasteiger partial charge in [0.15, 0.2) is 5.76 Å². The third-order valence-electron chi connectivity index (χ3n) is 4.78. The molecule has 1 aliphatic rings. The number of methoxy groups -OCH3 is 1. The lowest BCUT2D eigenvalue weighted by atomic mass is 10.1. The molecule has 0 N–H and O–H groups in total. The number of fused-ring (bicyclic) bond motifs is 1. The van der Waals surface area contributed by atoms with Gasteiger partial charge in [-0.05, 0) is 53.6 Å². The minimum absolute atomic E-state index is 0.0461. The molecule has 0 aliphatic carbocycles. The summed E-state index contributed by atoms with van der Waals surface area (Å²) in [5.74, 6) is 0.524. The summed E-state index contributed by atoms with van der Waals surface area (Å²) in [4.78, 5) is 35.1. The molecule has 160 valence electrons. The number of nitrogens with zero attached hydrogens (tertiary/aromatic N) is 1. The van der Waals surface area contributed by atoms with E-state index in [4.69, 9.17) is 14.2 Å². The van der Waals surface area contributed by atoms with Crippen LogP contribution in [0.15, 0.2) is 72.5 Å². The zero-order valence-electron chi connectivity index (χ0n) is 16.9. The highest BCUT2D eigenvalue weighted by molar-refractivity contribution is 6.14. The molecule has 3 aromatic carbocycles. The normalized spacial score (nSPS) is 13.4. The Labute approximate surface area is 182 Å². The number of Topliss-reactive ketones (excluding diaryl/α,β-unsaturated/α-hetero) is 1. The number of nitro benzene ring substituents is 1. The maximum atomic E-state index is 12.6. The minimum Gasteiger partial charge on any atom is -0.497 e. The summed E-state index contributed by atoms with van der Waals surface area (Å²) in [5, 5.41) is 10.8. The second-order valence-corrected chi connectivity index (χ2v) is 6.95. The van der Waals surface area contributed by atoms with Crippen molar-refractivity contribution in [1.82, 2.24) is 0 Å². The highest BCUT2D eigenvalue weighted by Gasteiger charge is 2.28. The van der Waals surface area contributed by atoms with Gasteiger partial charge in [-0.25, -0.2) is 0 Å². The van der Waals surface area contributed by atoms with Crippen LogP contribution in [0.3, 0.4) is 0 Å². The van der Waals surface area contributed by atoms with Crippen LogP contribution < -0.4 is 14.2 Å². The van der Waals surface area contributed by atoms with E-state index in [2.05, 4.69) is 0 Å². The van der Waals surface area contributed by atoms with E-state index >= 15 is 0 Å². The molecule has 0 atom stereocenters. The molecule has 0 radical (unpaired) electrons.